The number of carbonyl (C=O) groups is 1. The molecule has 0 fully saturated rings. The fraction of sp³-hybridized carbons (Fsp3) is 0.200. The Kier molecular flexibility index (Phi) is 5.80. The zero-order valence-electron chi connectivity index (χ0n) is 14.1. The minimum atomic E-state index is -0.203. The lowest BCUT2D eigenvalue weighted by Crippen LogP contribution is -2.09. The van der Waals surface area contributed by atoms with Gasteiger partial charge >= 0.3 is 0 Å². The summed E-state index contributed by atoms with van der Waals surface area (Å²) in [5.74, 6) is 0.489. The van der Waals surface area contributed by atoms with E-state index < -0.39 is 0 Å². The Bertz CT molecular complexity index is 853. The zero-order chi connectivity index (χ0) is 17.5. The van der Waals surface area contributed by atoms with Gasteiger partial charge < -0.3 is 10.1 Å². The van der Waals surface area contributed by atoms with E-state index in [2.05, 4.69) is 17.2 Å². The molecule has 4 nitrogen and oxygen atoms in total. The van der Waals surface area contributed by atoms with E-state index in [4.69, 9.17) is 4.74 Å². The molecule has 1 aromatic heterocycles. The van der Waals surface area contributed by atoms with Crippen molar-refractivity contribution < 1.29 is 9.53 Å². The molecule has 1 heterocycles. The highest BCUT2D eigenvalue weighted by molar-refractivity contribution is 7.19. The maximum Gasteiger partial charge on any atom is 0.248 e. The SMILES string of the molecule is CCCCOc1ccccc1NC(=O)/C=C/c1nc2ccccc2s1. The van der Waals surface area contributed by atoms with Crippen LogP contribution in [0.3, 0.4) is 0 Å². The molecule has 0 spiro atoms. The fourth-order valence-electron chi connectivity index (χ4n) is 2.30. The van der Waals surface area contributed by atoms with Crippen molar-refractivity contribution in [1.82, 2.24) is 4.98 Å². The standard InChI is InChI=1S/C20H20N2O2S/c1-2-3-14-24-17-10-6-4-8-15(17)21-19(23)12-13-20-22-16-9-5-7-11-18(16)25-20/h4-13H,2-3,14H2,1H3,(H,21,23)/b13-12+. The Morgan fingerprint density at radius 1 is 1.20 bits per heavy atom. The van der Waals surface area contributed by atoms with Crippen LogP contribution in [0.15, 0.2) is 54.6 Å². The van der Waals surface area contributed by atoms with Gasteiger partial charge in [-0.1, -0.05) is 37.6 Å². The number of carbonyl (C=O) groups excluding carboxylic acids is 1. The van der Waals surface area contributed by atoms with Crippen molar-refractivity contribution in [2.24, 2.45) is 0 Å². The van der Waals surface area contributed by atoms with Gasteiger partial charge in [0.25, 0.3) is 0 Å². The Morgan fingerprint density at radius 2 is 2.00 bits per heavy atom. The van der Waals surface area contributed by atoms with Gasteiger partial charge in [0, 0.05) is 6.08 Å². The van der Waals surface area contributed by atoms with E-state index in [1.165, 1.54) is 6.08 Å². The Hall–Kier alpha value is -2.66. The monoisotopic (exact) mass is 352 g/mol. The molecule has 0 unspecified atom stereocenters. The lowest BCUT2D eigenvalue weighted by Gasteiger charge is -2.11. The molecule has 3 rings (SSSR count). The molecule has 0 atom stereocenters. The summed E-state index contributed by atoms with van der Waals surface area (Å²) < 4.78 is 6.84. The number of thiazole rings is 1. The Morgan fingerprint density at radius 3 is 2.84 bits per heavy atom. The molecule has 0 aliphatic carbocycles. The number of ether oxygens (including phenoxy) is 1. The predicted octanol–water partition coefficient (Wildman–Crippen LogP) is 5.13. The summed E-state index contributed by atoms with van der Waals surface area (Å²) in [6.07, 6.45) is 5.29. The van der Waals surface area contributed by atoms with Crippen molar-refractivity contribution in [2.75, 3.05) is 11.9 Å². The molecule has 3 aromatic rings. The maximum atomic E-state index is 12.2. The third-order valence-electron chi connectivity index (χ3n) is 3.59. The van der Waals surface area contributed by atoms with Crippen molar-refractivity contribution in [3.63, 3.8) is 0 Å². The van der Waals surface area contributed by atoms with Crippen LogP contribution in [-0.2, 0) is 4.79 Å². The number of unbranched alkanes of at least 4 members (excludes halogenated alkanes) is 1. The summed E-state index contributed by atoms with van der Waals surface area (Å²) in [6.45, 7) is 2.76. The normalized spacial score (nSPS) is 11.1. The molecular weight excluding hydrogens is 332 g/mol. The van der Waals surface area contributed by atoms with E-state index in [0.717, 1.165) is 28.1 Å². The highest BCUT2D eigenvalue weighted by Gasteiger charge is 2.06. The van der Waals surface area contributed by atoms with Crippen LogP contribution in [0.4, 0.5) is 5.69 Å². The molecule has 1 N–H and O–H groups in total. The zero-order valence-corrected chi connectivity index (χ0v) is 14.9. The number of rotatable bonds is 7. The quantitative estimate of drug-likeness (QED) is 0.474. The Labute approximate surface area is 151 Å². The number of anilines is 1. The number of fused-ring (bicyclic) bond motifs is 1. The third kappa shape index (κ3) is 4.67. The van der Waals surface area contributed by atoms with Gasteiger partial charge in [-0.05, 0) is 36.8 Å². The summed E-state index contributed by atoms with van der Waals surface area (Å²) in [7, 11) is 0. The molecule has 128 valence electrons. The van der Waals surface area contributed by atoms with Crippen LogP contribution in [0.25, 0.3) is 16.3 Å². The van der Waals surface area contributed by atoms with E-state index in [-0.39, 0.29) is 5.91 Å². The summed E-state index contributed by atoms with van der Waals surface area (Å²) in [5, 5.41) is 3.68. The molecule has 2 aromatic carbocycles. The van der Waals surface area contributed by atoms with Crippen molar-refractivity contribution in [3.8, 4) is 5.75 Å². The van der Waals surface area contributed by atoms with Gasteiger partial charge in [0.2, 0.25) is 5.91 Å². The molecule has 0 bridgehead atoms. The first kappa shape index (κ1) is 17.2. The molecule has 0 radical (unpaired) electrons. The van der Waals surface area contributed by atoms with Gasteiger partial charge in [-0.15, -0.1) is 11.3 Å². The van der Waals surface area contributed by atoms with Crippen LogP contribution in [0.5, 0.6) is 5.75 Å². The molecule has 0 aliphatic rings. The van der Waals surface area contributed by atoms with Crippen LogP contribution in [0.1, 0.15) is 24.8 Å². The van der Waals surface area contributed by atoms with Crippen molar-refractivity contribution in [1.29, 1.82) is 0 Å². The Balaban J connectivity index is 1.66. The van der Waals surface area contributed by atoms with Crippen molar-refractivity contribution >= 4 is 39.2 Å². The smallest absolute Gasteiger partial charge is 0.248 e. The van der Waals surface area contributed by atoms with Crippen LogP contribution in [0, 0.1) is 0 Å². The topological polar surface area (TPSA) is 51.2 Å². The number of nitrogens with one attached hydrogen (secondary N) is 1. The second kappa shape index (κ2) is 8.44. The first-order valence-corrected chi connectivity index (χ1v) is 9.14. The summed E-state index contributed by atoms with van der Waals surface area (Å²) >= 11 is 1.56. The van der Waals surface area contributed by atoms with Crippen LogP contribution >= 0.6 is 11.3 Å². The van der Waals surface area contributed by atoms with E-state index in [0.29, 0.717) is 18.0 Å². The predicted molar refractivity (Wildman–Crippen MR) is 104 cm³/mol. The average molecular weight is 352 g/mol. The number of para-hydroxylation sites is 3. The number of hydrogen-bond donors (Lipinski definition) is 1. The fourth-order valence-corrected chi connectivity index (χ4v) is 3.18. The largest absolute Gasteiger partial charge is 0.491 e. The van der Waals surface area contributed by atoms with Gasteiger partial charge in [0.05, 0.1) is 22.5 Å². The van der Waals surface area contributed by atoms with Gasteiger partial charge in [-0.25, -0.2) is 4.98 Å². The minimum absolute atomic E-state index is 0.203. The first-order chi connectivity index (χ1) is 12.3. The van der Waals surface area contributed by atoms with Crippen molar-refractivity contribution in [3.05, 3.63) is 59.6 Å². The van der Waals surface area contributed by atoms with Crippen molar-refractivity contribution in [2.45, 2.75) is 19.8 Å². The number of hydrogen-bond acceptors (Lipinski definition) is 4. The molecule has 5 heteroatoms. The van der Waals surface area contributed by atoms with E-state index in [1.807, 2.05) is 48.5 Å². The number of nitrogens with zero attached hydrogens (tertiary/aromatic N) is 1. The molecule has 0 aliphatic heterocycles. The second-order valence-electron chi connectivity index (χ2n) is 5.54. The number of benzene rings is 2. The molecule has 0 saturated carbocycles. The lowest BCUT2D eigenvalue weighted by molar-refractivity contribution is -0.111. The summed E-state index contributed by atoms with van der Waals surface area (Å²) in [4.78, 5) is 16.7. The van der Waals surface area contributed by atoms with Crippen LogP contribution < -0.4 is 10.1 Å². The van der Waals surface area contributed by atoms with Gasteiger partial charge in [-0.2, -0.15) is 0 Å². The number of aromatic nitrogens is 1. The van der Waals surface area contributed by atoms with E-state index in [1.54, 1.807) is 17.4 Å². The van der Waals surface area contributed by atoms with Gasteiger partial charge in [0.1, 0.15) is 10.8 Å². The van der Waals surface area contributed by atoms with Crippen LogP contribution in [-0.4, -0.2) is 17.5 Å². The molecule has 25 heavy (non-hydrogen) atoms. The lowest BCUT2D eigenvalue weighted by atomic mass is 10.3. The first-order valence-electron chi connectivity index (χ1n) is 8.32. The second-order valence-corrected chi connectivity index (χ2v) is 6.60. The highest BCUT2D eigenvalue weighted by atomic mass is 32.1. The molecule has 1 amide bonds. The van der Waals surface area contributed by atoms with E-state index >= 15 is 0 Å². The third-order valence-corrected chi connectivity index (χ3v) is 4.59. The maximum absolute atomic E-state index is 12.2. The molecular formula is C20H20N2O2S. The van der Waals surface area contributed by atoms with Crippen LogP contribution in [0.2, 0.25) is 0 Å². The molecule has 0 saturated heterocycles. The van der Waals surface area contributed by atoms with Gasteiger partial charge in [0.15, 0.2) is 0 Å². The highest BCUT2D eigenvalue weighted by Crippen LogP contribution is 2.25. The summed E-state index contributed by atoms with van der Waals surface area (Å²) in [6, 6.07) is 15.4. The van der Waals surface area contributed by atoms with E-state index in [9.17, 15) is 4.79 Å². The average Bonchev–Trinajstić information content (AvgIpc) is 3.05. The number of amides is 1. The minimum Gasteiger partial charge on any atom is -0.491 e. The van der Waals surface area contributed by atoms with Gasteiger partial charge in [-0.3, -0.25) is 4.79 Å². The summed E-state index contributed by atoms with van der Waals surface area (Å²) in [5.41, 5.74) is 1.62.